The quantitative estimate of drug-likeness (QED) is 0.829. The summed E-state index contributed by atoms with van der Waals surface area (Å²) in [5.74, 6) is -0.0704. The lowest BCUT2D eigenvalue weighted by molar-refractivity contribution is -0.148. The topological polar surface area (TPSA) is 55.4 Å². The summed E-state index contributed by atoms with van der Waals surface area (Å²) in [7, 11) is 0. The molecule has 4 heteroatoms. The minimum Gasteiger partial charge on any atom is -0.455 e. The summed E-state index contributed by atoms with van der Waals surface area (Å²) in [6.45, 7) is 4.02. The van der Waals surface area contributed by atoms with Gasteiger partial charge in [-0.15, -0.1) is 0 Å². The van der Waals surface area contributed by atoms with Crippen LogP contribution in [0.25, 0.3) is 0 Å². The molecule has 1 aliphatic carbocycles. The minimum atomic E-state index is -0.300. The van der Waals surface area contributed by atoms with Gasteiger partial charge in [0.2, 0.25) is 0 Å². The zero-order chi connectivity index (χ0) is 13.8. The van der Waals surface area contributed by atoms with Crippen LogP contribution in [0.1, 0.15) is 38.2 Å². The van der Waals surface area contributed by atoms with Gasteiger partial charge in [0.25, 0.3) is 5.91 Å². The number of amides is 1. The normalized spacial score (nSPS) is 14.3. The summed E-state index contributed by atoms with van der Waals surface area (Å²) in [6, 6.07) is 7.68. The first-order valence-electron chi connectivity index (χ1n) is 6.62. The summed E-state index contributed by atoms with van der Waals surface area (Å²) >= 11 is 0. The molecule has 0 aromatic heterocycles. The van der Waals surface area contributed by atoms with Crippen molar-refractivity contribution in [2.24, 2.45) is 5.92 Å². The molecule has 1 N–H and O–H groups in total. The smallest absolute Gasteiger partial charge is 0.309 e. The minimum absolute atomic E-state index is 0.0260. The lowest BCUT2D eigenvalue weighted by atomic mass is 10.0. The largest absolute Gasteiger partial charge is 0.455 e. The summed E-state index contributed by atoms with van der Waals surface area (Å²) in [6.07, 6.45) is 1.77. The Balaban J connectivity index is 1.79. The van der Waals surface area contributed by atoms with Gasteiger partial charge in [0.1, 0.15) is 0 Å². The highest BCUT2D eigenvalue weighted by Crippen LogP contribution is 2.29. The molecule has 0 atom stereocenters. The van der Waals surface area contributed by atoms with Crippen molar-refractivity contribution in [3.63, 3.8) is 0 Å². The van der Waals surface area contributed by atoms with Gasteiger partial charge >= 0.3 is 5.97 Å². The molecule has 1 aromatic carbocycles. The molecule has 19 heavy (non-hydrogen) atoms. The zero-order valence-corrected chi connectivity index (χ0v) is 11.3. The van der Waals surface area contributed by atoms with Crippen LogP contribution in [0.15, 0.2) is 24.3 Å². The Kier molecular flexibility index (Phi) is 4.20. The number of anilines is 1. The van der Waals surface area contributed by atoms with Crippen LogP contribution in [0.2, 0.25) is 0 Å². The monoisotopic (exact) mass is 261 g/mol. The molecule has 0 unspecified atom stereocenters. The second-order valence-electron chi connectivity index (χ2n) is 5.21. The number of hydrogen-bond acceptors (Lipinski definition) is 3. The summed E-state index contributed by atoms with van der Waals surface area (Å²) in [5, 5.41) is 2.71. The van der Waals surface area contributed by atoms with Crippen molar-refractivity contribution >= 4 is 17.6 Å². The number of carbonyl (C=O) groups is 2. The van der Waals surface area contributed by atoms with Gasteiger partial charge in [-0.05, 0) is 36.5 Å². The average Bonchev–Trinajstić information content (AvgIpc) is 3.21. The Morgan fingerprint density at radius 3 is 2.42 bits per heavy atom. The molecule has 102 valence electrons. The standard InChI is InChI=1S/C15H19NO3/c1-10(2)11-5-7-13(8-6-11)16-14(17)9-19-15(18)12-3-4-12/h5-8,10,12H,3-4,9H2,1-2H3,(H,16,17). The van der Waals surface area contributed by atoms with E-state index >= 15 is 0 Å². The van der Waals surface area contributed by atoms with Gasteiger partial charge in [0.05, 0.1) is 5.92 Å². The van der Waals surface area contributed by atoms with E-state index in [1.165, 1.54) is 5.56 Å². The van der Waals surface area contributed by atoms with Gasteiger partial charge in [-0.25, -0.2) is 0 Å². The zero-order valence-electron chi connectivity index (χ0n) is 11.3. The molecule has 4 nitrogen and oxygen atoms in total. The summed E-state index contributed by atoms with van der Waals surface area (Å²) in [5.41, 5.74) is 1.94. The second-order valence-corrected chi connectivity index (χ2v) is 5.21. The molecular formula is C15H19NO3. The molecule has 0 saturated heterocycles. The van der Waals surface area contributed by atoms with Crippen molar-refractivity contribution in [1.82, 2.24) is 0 Å². The lowest BCUT2D eigenvalue weighted by Crippen LogP contribution is -2.21. The number of hydrogen-bond donors (Lipinski definition) is 1. The van der Waals surface area contributed by atoms with Crippen molar-refractivity contribution in [1.29, 1.82) is 0 Å². The molecule has 1 saturated carbocycles. The maximum absolute atomic E-state index is 11.6. The molecule has 0 radical (unpaired) electrons. The van der Waals surface area contributed by atoms with Gasteiger partial charge in [0.15, 0.2) is 6.61 Å². The number of esters is 1. The molecule has 1 amide bonds. The lowest BCUT2D eigenvalue weighted by Gasteiger charge is -2.08. The molecule has 0 bridgehead atoms. The Labute approximate surface area is 113 Å². The van der Waals surface area contributed by atoms with Crippen LogP contribution in [0.4, 0.5) is 5.69 Å². The molecule has 1 aromatic rings. The van der Waals surface area contributed by atoms with E-state index in [1.807, 2.05) is 24.3 Å². The molecule has 0 spiro atoms. The number of benzene rings is 1. The van der Waals surface area contributed by atoms with E-state index in [2.05, 4.69) is 19.2 Å². The number of nitrogens with one attached hydrogen (secondary N) is 1. The molecule has 2 rings (SSSR count). The van der Waals surface area contributed by atoms with Gasteiger partial charge in [0, 0.05) is 5.69 Å². The van der Waals surface area contributed by atoms with E-state index in [4.69, 9.17) is 4.74 Å². The van der Waals surface area contributed by atoms with Crippen LogP contribution in [0, 0.1) is 5.92 Å². The van der Waals surface area contributed by atoms with E-state index in [9.17, 15) is 9.59 Å². The second kappa shape index (κ2) is 5.87. The Hall–Kier alpha value is -1.84. The fraction of sp³-hybridized carbons (Fsp3) is 0.467. The Bertz CT molecular complexity index is 461. The number of rotatable bonds is 5. The van der Waals surface area contributed by atoms with Gasteiger partial charge in [-0.2, -0.15) is 0 Å². The molecule has 1 fully saturated rings. The first-order chi connectivity index (χ1) is 9.06. The highest BCUT2D eigenvalue weighted by atomic mass is 16.5. The first-order valence-corrected chi connectivity index (χ1v) is 6.62. The third-order valence-corrected chi connectivity index (χ3v) is 3.12. The average molecular weight is 261 g/mol. The van der Waals surface area contributed by atoms with Gasteiger partial charge in [-0.3, -0.25) is 9.59 Å². The predicted octanol–water partition coefficient (Wildman–Crippen LogP) is 2.70. The van der Waals surface area contributed by atoms with Crippen molar-refractivity contribution in [2.75, 3.05) is 11.9 Å². The predicted molar refractivity (Wildman–Crippen MR) is 72.8 cm³/mol. The van der Waals surface area contributed by atoms with Gasteiger partial charge in [-0.1, -0.05) is 26.0 Å². The first kappa shape index (κ1) is 13.6. The van der Waals surface area contributed by atoms with Crippen molar-refractivity contribution in [2.45, 2.75) is 32.6 Å². The maximum atomic E-state index is 11.6. The van der Waals surface area contributed by atoms with E-state index < -0.39 is 0 Å². The third kappa shape index (κ3) is 4.09. The molecule has 0 aliphatic heterocycles. The van der Waals surface area contributed by atoms with E-state index in [0.29, 0.717) is 5.92 Å². The van der Waals surface area contributed by atoms with Gasteiger partial charge < -0.3 is 10.1 Å². The Morgan fingerprint density at radius 1 is 1.26 bits per heavy atom. The number of carbonyl (C=O) groups excluding carboxylic acids is 2. The summed E-state index contributed by atoms with van der Waals surface area (Å²) in [4.78, 5) is 22.9. The summed E-state index contributed by atoms with van der Waals surface area (Å²) < 4.78 is 4.91. The van der Waals surface area contributed by atoms with E-state index in [-0.39, 0.29) is 24.4 Å². The van der Waals surface area contributed by atoms with Crippen LogP contribution in [0.5, 0.6) is 0 Å². The van der Waals surface area contributed by atoms with Crippen molar-refractivity contribution < 1.29 is 14.3 Å². The SMILES string of the molecule is CC(C)c1ccc(NC(=O)COC(=O)C2CC2)cc1. The molecule has 1 aliphatic rings. The van der Waals surface area contributed by atoms with Crippen LogP contribution in [0.3, 0.4) is 0 Å². The molecular weight excluding hydrogens is 242 g/mol. The fourth-order valence-corrected chi connectivity index (χ4v) is 1.72. The Morgan fingerprint density at radius 2 is 1.89 bits per heavy atom. The van der Waals surface area contributed by atoms with Crippen molar-refractivity contribution in [3.05, 3.63) is 29.8 Å². The van der Waals surface area contributed by atoms with Crippen LogP contribution >= 0.6 is 0 Å². The van der Waals surface area contributed by atoms with Crippen LogP contribution in [-0.4, -0.2) is 18.5 Å². The third-order valence-electron chi connectivity index (χ3n) is 3.12. The van der Waals surface area contributed by atoms with E-state index in [0.717, 1.165) is 18.5 Å². The van der Waals surface area contributed by atoms with Crippen molar-refractivity contribution in [3.8, 4) is 0 Å². The fourth-order valence-electron chi connectivity index (χ4n) is 1.72. The highest BCUT2D eigenvalue weighted by Gasteiger charge is 2.31. The maximum Gasteiger partial charge on any atom is 0.309 e. The number of ether oxygens (including phenoxy) is 1. The van der Waals surface area contributed by atoms with Crippen LogP contribution in [-0.2, 0) is 14.3 Å². The van der Waals surface area contributed by atoms with Crippen LogP contribution < -0.4 is 5.32 Å². The molecule has 0 heterocycles. The highest BCUT2D eigenvalue weighted by molar-refractivity contribution is 5.93. The van der Waals surface area contributed by atoms with E-state index in [1.54, 1.807) is 0 Å².